The number of ether oxygens (including phenoxy) is 1. The smallest absolute Gasteiger partial charge is 0.330 e. The lowest BCUT2D eigenvalue weighted by Crippen LogP contribution is -2.34. The molecule has 2 aliphatic rings. The number of hydrogen-bond donors (Lipinski definition) is 1. The summed E-state index contributed by atoms with van der Waals surface area (Å²) in [4.78, 5) is 13.3. The standard InChI is InChI=1S/C15H20N2O2/c1-17-10-15(18)19-14-5-4-11(8-13(14)17)7-12-3-2-6-16-9-12/h4-5,8,12,16H,2-3,6-7,9-10H2,1H3. The molecule has 1 fully saturated rings. The molecule has 1 unspecified atom stereocenters. The first-order valence-electron chi connectivity index (χ1n) is 6.98. The summed E-state index contributed by atoms with van der Waals surface area (Å²) in [6, 6.07) is 6.17. The number of hydrogen-bond acceptors (Lipinski definition) is 4. The lowest BCUT2D eigenvalue weighted by molar-refractivity contribution is -0.133. The Morgan fingerprint density at radius 3 is 3.16 bits per heavy atom. The van der Waals surface area contributed by atoms with Gasteiger partial charge in [0.1, 0.15) is 6.54 Å². The van der Waals surface area contributed by atoms with Crippen molar-refractivity contribution in [1.82, 2.24) is 5.32 Å². The van der Waals surface area contributed by atoms with Crippen molar-refractivity contribution in [2.45, 2.75) is 19.3 Å². The zero-order chi connectivity index (χ0) is 13.2. The quantitative estimate of drug-likeness (QED) is 0.647. The van der Waals surface area contributed by atoms with Gasteiger partial charge in [-0.05, 0) is 56.0 Å². The highest BCUT2D eigenvalue weighted by Gasteiger charge is 2.22. The average molecular weight is 260 g/mol. The molecule has 0 amide bonds. The van der Waals surface area contributed by atoms with E-state index in [1.54, 1.807) is 0 Å². The predicted octanol–water partition coefficient (Wildman–Crippen LogP) is 1.58. The molecule has 0 spiro atoms. The largest absolute Gasteiger partial charge is 0.423 e. The number of likely N-dealkylation sites (N-methyl/N-ethyl adjacent to an activating group) is 1. The average Bonchev–Trinajstić information content (AvgIpc) is 2.40. The minimum atomic E-state index is -0.181. The van der Waals surface area contributed by atoms with Crippen molar-refractivity contribution in [2.75, 3.05) is 31.6 Å². The van der Waals surface area contributed by atoms with Gasteiger partial charge in [-0.3, -0.25) is 0 Å². The molecule has 1 atom stereocenters. The summed E-state index contributed by atoms with van der Waals surface area (Å²) in [5.41, 5.74) is 2.36. The third kappa shape index (κ3) is 2.73. The van der Waals surface area contributed by atoms with Gasteiger partial charge in [-0.2, -0.15) is 0 Å². The number of carbonyl (C=O) groups excluding carboxylic acids is 1. The molecule has 0 bridgehead atoms. The second-order valence-corrected chi connectivity index (χ2v) is 5.55. The fraction of sp³-hybridized carbons (Fsp3) is 0.533. The van der Waals surface area contributed by atoms with Crippen LogP contribution in [0.4, 0.5) is 5.69 Å². The summed E-state index contributed by atoms with van der Waals surface area (Å²) >= 11 is 0. The molecule has 2 heterocycles. The number of carbonyl (C=O) groups is 1. The second kappa shape index (κ2) is 5.21. The highest BCUT2D eigenvalue weighted by atomic mass is 16.5. The molecule has 1 aromatic carbocycles. The molecule has 0 saturated carbocycles. The number of rotatable bonds is 2. The normalized spacial score (nSPS) is 22.9. The van der Waals surface area contributed by atoms with Crippen LogP contribution in [0.3, 0.4) is 0 Å². The van der Waals surface area contributed by atoms with E-state index in [4.69, 9.17) is 4.74 Å². The van der Waals surface area contributed by atoms with Gasteiger partial charge in [-0.1, -0.05) is 6.07 Å². The number of benzene rings is 1. The van der Waals surface area contributed by atoms with Crippen molar-refractivity contribution >= 4 is 11.7 Å². The molecule has 4 nitrogen and oxygen atoms in total. The first-order valence-corrected chi connectivity index (χ1v) is 6.98. The van der Waals surface area contributed by atoms with E-state index in [-0.39, 0.29) is 5.97 Å². The molecule has 102 valence electrons. The Morgan fingerprint density at radius 1 is 1.47 bits per heavy atom. The number of esters is 1. The number of nitrogens with one attached hydrogen (secondary N) is 1. The molecular weight excluding hydrogens is 240 g/mol. The van der Waals surface area contributed by atoms with Gasteiger partial charge in [0.05, 0.1) is 5.69 Å². The predicted molar refractivity (Wildman–Crippen MR) is 74.6 cm³/mol. The van der Waals surface area contributed by atoms with E-state index in [1.807, 2.05) is 18.0 Å². The lowest BCUT2D eigenvalue weighted by Gasteiger charge is -2.27. The van der Waals surface area contributed by atoms with E-state index in [0.717, 1.165) is 31.1 Å². The van der Waals surface area contributed by atoms with E-state index < -0.39 is 0 Å². The van der Waals surface area contributed by atoms with Crippen LogP contribution in [0.25, 0.3) is 0 Å². The van der Waals surface area contributed by atoms with E-state index in [1.165, 1.54) is 18.4 Å². The third-order valence-corrected chi connectivity index (χ3v) is 3.95. The number of piperidine rings is 1. The van der Waals surface area contributed by atoms with Gasteiger partial charge in [-0.25, -0.2) is 4.79 Å². The van der Waals surface area contributed by atoms with E-state index >= 15 is 0 Å². The number of anilines is 1. The van der Waals surface area contributed by atoms with Crippen molar-refractivity contribution in [2.24, 2.45) is 5.92 Å². The maximum atomic E-state index is 11.4. The molecule has 19 heavy (non-hydrogen) atoms. The lowest BCUT2D eigenvalue weighted by atomic mass is 9.92. The van der Waals surface area contributed by atoms with Crippen LogP contribution in [0.5, 0.6) is 5.75 Å². The monoisotopic (exact) mass is 260 g/mol. The molecule has 0 radical (unpaired) electrons. The van der Waals surface area contributed by atoms with Crippen molar-refractivity contribution in [3.05, 3.63) is 23.8 Å². The molecule has 1 saturated heterocycles. The Kier molecular flexibility index (Phi) is 3.42. The van der Waals surface area contributed by atoms with Gasteiger partial charge in [0.2, 0.25) is 0 Å². The van der Waals surface area contributed by atoms with Crippen LogP contribution in [0, 0.1) is 5.92 Å². The molecule has 4 heteroatoms. The number of nitrogens with zero attached hydrogens (tertiary/aromatic N) is 1. The summed E-state index contributed by atoms with van der Waals surface area (Å²) in [6.07, 6.45) is 3.67. The van der Waals surface area contributed by atoms with Crippen LogP contribution in [0.15, 0.2) is 18.2 Å². The van der Waals surface area contributed by atoms with Crippen LogP contribution < -0.4 is 15.0 Å². The highest BCUT2D eigenvalue weighted by Crippen LogP contribution is 2.32. The molecule has 1 N–H and O–H groups in total. The molecule has 0 aromatic heterocycles. The maximum absolute atomic E-state index is 11.4. The first-order chi connectivity index (χ1) is 9.22. The molecule has 2 aliphatic heterocycles. The molecular formula is C15H20N2O2. The highest BCUT2D eigenvalue weighted by molar-refractivity contribution is 5.84. The maximum Gasteiger partial charge on any atom is 0.330 e. The summed E-state index contributed by atoms with van der Waals surface area (Å²) in [7, 11) is 1.94. The second-order valence-electron chi connectivity index (χ2n) is 5.55. The van der Waals surface area contributed by atoms with Crippen molar-refractivity contribution in [1.29, 1.82) is 0 Å². The summed E-state index contributed by atoms with van der Waals surface area (Å²) in [5.74, 6) is 1.23. The van der Waals surface area contributed by atoms with Gasteiger partial charge in [0, 0.05) is 7.05 Å². The molecule has 3 rings (SSSR count). The Labute approximate surface area is 113 Å². The van der Waals surface area contributed by atoms with Crippen molar-refractivity contribution in [3.63, 3.8) is 0 Å². The molecule has 0 aliphatic carbocycles. The minimum absolute atomic E-state index is 0.181. The molecule has 1 aromatic rings. The van der Waals surface area contributed by atoms with Gasteiger partial charge < -0.3 is 15.0 Å². The zero-order valence-corrected chi connectivity index (χ0v) is 11.3. The van der Waals surface area contributed by atoms with Gasteiger partial charge in [0.25, 0.3) is 0 Å². The Morgan fingerprint density at radius 2 is 2.37 bits per heavy atom. The van der Waals surface area contributed by atoms with Crippen LogP contribution in [0.1, 0.15) is 18.4 Å². The fourth-order valence-electron chi connectivity index (χ4n) is 2.94. The zero-order valence-electron chi connectivity index (χ0n) is 11.3. The van der Waals surface area contributed by atoms with Crippen LogP contribution >= 0.6 is 0 Å². The van der Waals surface area contributed by atoms with E-state index in [2.05, 4.69) is 17.4 Å². The third-order valence-electron chi connectivity index (χ3n) is 3.95. The van der Waals surface area contributed by atoms with Crippen molar-refractivity contribution < 1.29 is 9.53 Å². The minimum Gasteiger partial charge on any atom is -0.423 e. The Hall–Kier alpha value is -1.55. The van der Waals surface area contributed by atoms with Crippen LogP contribution in [-0.2, 0) is 11.2 Å². The first kappa shape index (κ1) is 12.5. The SMILES string of the molecule is CN1CC(=O)Oc2ccc(CC3CCCNC3)cc21. The summed E-state index contributed by atoms with van der Waals surface area (Å²) < 4.78 is 5.25. The van der Waals surface area contributed by atoms with E-state index in [0.29, 0.717) is 12.3 Å². The van der Waals surface area contributed by atoms with Gasteiger partial charge in [0.15, 0.2) is 5.75 Å². The van der Waals surface area contributed by atoms with Crippen LogP contribution in [-0.4, -0.2) is 32.7 Å². The number of fused-ring (bicyclic) bond motifs is 1. The van der Waals surface area contributed by atoms with E-state index in [9.17, 15) is 4.79 Å². The van der Waals surface area contributed by atoms with Crippen LogP contribution in [0.2, 0.25) is 0 Å². The Bertz CT molecular complexity index is 481. The summed E-state index contributed by atoms with van der Waals surface area (Å²) in [6.45, 7) is 2.60. The fourth-order valence-corrected chi connectivity index (χ4v) is 2.94. The van der Waals surface area contributed by atoms with Gasteiger partial charge >= 0.3 is 5.97 Å². The Balaban J connectivity index is 1.77. The summed E-state index contributed by atoms with van der Waals surface area (Å²) in [5, 5.41) is 3.45. The van der Waals surface area contributed by atoms with Gasteiger partial charge in [-0.15, -0.1) is 0 Å². The van der Waals surface area contributed by atoms with Crippen molar-refractivity contribution in [3.8, 4) is 5.75 Å². The topological polar surface area (TPSA) is 41.6 Å².